The van der Waals surface area contributed by atoms with Crippen molar-refractivity contribution in [2.75, 3.05) is 38.6 Å². The number of nitrogens with one attached hydrogen (secondary N) is 1. The number of pyridine rings is 4. The van der Waals surface area contributed by atoms with E-state index >= 15 is 0 Å². The number of nitrogens with zero attached hydrogens (tertiary/aromatic N) is 10. The molecule has 0 bridgehead atoms. The molecule has 0 aliphatic rings. The third kappa shape index (κ3) is 23.5. The summed E-state index contributed by atoms with van der Waals surface area (Å²) in [5.74, 6) is 12.7. The molecule has 0 aromatic carbocycles. The summed E-state index contributed by atoms with van der Waals surface area (Å²) < 4.78 is 38.1. The summed E-state index contributed by atoms with van der Waals surface area (Å²) in [6.07, 6.45) is 25.4. The van der Waals surface area contributed by atoms with Crippen LogP contribution in [0.1, 0.15) is 94.2 Å². The molecule has 0 unspecified atom stereocenters. The number of fused-ring (bicyclic) bond motifs is 4. The maximum atomic E-state index is 12.2. The number of hydrogen-bond donors (Lipinski definition) is 4. The minimum absolute atomic E-state index is 0.153. The van der Waals surface area contributed by atoms with Crippen molar-refractivity contribution in [3.05, 3.63) is 126 Å². The van der Waals surface area contributed by atoms with E-state index in [0.717, 1.165) is 47.4 Å². The number of carbonyl (C=O) groups is 4. The summed E-state index contributed by atoms with van der Waals surface area (Å²) in [5.41, 5.74) is 9.92. The summed E-state index contributed by atoms with van der Waals surface area (Å²) in [7, 11) is 0. The zero-order valence-corrected chi connectivity index (χ0v) is 53.8. The van der Waals surface area contributed by atoms with E-state index in [1.54, 1.807) is 128 Å². The Kier molecular flexibility index (Phi) is 29.6. The second kappa shape index (κ2) is 35.6. The van der Waals surface area contributed by atoms with E-state index in [1.807, 2.05) is 51.1 Å². The molecule has 9 rings (SSSR count). The van der Waals surface area contributed by atoms with Crippen LogP contribution in [0.25, 0.3) is 54.9 Å². The van der Waals surface area contributed by atoms with Crippen molar-refractivity contribution in [2.24, 2.45) is 0 Å². The SMILES string of the molecule is C#CCO.CC(C)(C)OC(=O)n1cc(C#CC=O)c2ccncc21.CC(C)(C)OC(=O)n1cc(C#CCO)c2ccncc21.CC(C)(C)OC(=O)n1cc(I)c2ccncc21.CCN(CC)CC.Nc1nccc(-c2c[nH]c3cnccc23)n1.[O]=[Mn]=[O]. The molecule has 5 N–H and O–H groups in total. The summed E-state index contributed by atoms with van der Waals surface area (Å²) >= 11 is 0.756. The number of H-pyrrole nitrogens is 1. The second-order valence-corrected chi connectivity index (χ2v) is 22.0. The van der Waals surface area contributed by atoms with Crippen molar-refractivity contribution in [3.8, 4) is 47.3 Å². The van der Waals surface area contributed by atoms with E-state index in [4.69, 9.17) is 37.8 Å². The molecule has 459 valence electrons. The van der Waals surface area contributed by atoms with Gasteiger partial charge in [-0.15, -0.1) is 6.42 Å². The number of ether oxygens (including phenoxy) is 3. The van der Waals surface area contributed by atoms with Crippen molar-refractivity contribution in [2.45, 2.75) is 99.9 Å². The molecule has 0 spiro atoms. The van der Waals surface area contributed by atoms with E-state index in [9.17, 15) is 19.2 Å². The van der Waals surface area contributed by atoms with Crippen molar-refractivity contribution in [1.82, 2.24) is 53.5 Å². The van der Waals surface area contributed by atoms with Crippen LogP contribution in [-0.2, 0) is 41.5 Å². The van der Waals surface area contributed by atoms with Crippen LogP contribution in [0, 0.1) is 39.6 Å². The van der Waals surface area contributed by atoms with Crippen LogP contribution >= 0.6 is 22.6 Å². The van der Waals surface area contributed by atoms with Gasteiger partial charge in [0.2, 0.25) is 5.95 Å². The molecule has 9 heterocycles. The van der Waals surface area contributed by atoms with E-state index in [0.29, 0.717) is 28.4 Å². The van der Waals surface area contributed by atoms with Gasteiger partial charge in [0.05, 0.1) is 63.7 Å². The fourth-order valence-corrected chi connectivity index (χ4v) is 8.12. The third-order valence-electron chi connectivity index (χ3n) is 11.0. The van der Waals surface area contributed by atoms with E-state index in [2.05, 4.69) is 113 Å². The van der Waals surface area contributed by atoms with Gasteiger partial charge < -0.3 is 40.0 Å². The zero-order valence-electron chi connectivity index (χ0n) is 50.5. The molecule has 0 fully saturated rings. The maximum absolute atomic E-state index is 12.2. The van der Waals surface area contributed by atoms with Crippen LogP contribution in [-0.4, -0.2) is 138 Å². The van der Waals surface area contributed by atoms with Gasteiger partial charge in [0.1, 0.15) is 30.0 Å². The molecular weight excluding hydrogens is 1270 g/mol. The van der Waals surface area contributed by atoms with Gasteiger partial charge >= 0.3 is 40.8 Å². The number of aromatic amines is 1. The van der Waals surface area contributed by atoms with Crippen LogP contribution < -0.4 is 5.73 Å². The topological polar surface area (TPSA) is 308 Å². The predicted octanol–water partition coefficient (Wildman–Crippen LogP) is 10.3. The number of hydrogen-bond acceptors (Lipinski definition) is 19. The Hall–Kier alpha value is -8.87. The van der Waals surface area contributed by atoms with Gasteiger partial charge in [-0.05, 0) is 141 Å². The Labute approximate surface area is 524 Å². The first-order valence-electron chi connectivity index (χ1n) is 26.7. The minimum atomic E-state index is -1.44. The number of terminal acetylenes is 1. The fourth-order valence-electron chi connectivity index (χ4n) is 7.39. The molecule has 0 aliphatic heterocycles. The van der Waals surface area contributed by atoms with Crippen molar-refractivity contribution in [1.29, 1.82) is 0 Å². The first kappa shape index (κ1) is 72.4. The number of rotatable bonds is 4. The number of halogens is 1. The molecule has 23 nitrogen and oxygen atoms in total. The van der Waals surface area contributed by atoms with E-state index in [-0.39, 0.29) is 25.3 Å². The molecule has 87 heavy (non-hydrogen) atoms. The molecule has 9 aromatic heterocycles. The van der Waals surface area contributed by atoms with Gasteiger partial charge in [-0.3, -0.25) is 24.7 Å². The second-order valence-electron chi connectivity index (χ2n) is 20.6. The number of aliphatic hydroxyl groups excluding tert-OH is 2. The third-order valence-corrected chi connectivity index (χ3v) is 11.8. The quantitative estimate of drug-likeness (QED) is 0.0418. The number of aromatic nitrogens is 10. The number of nitrogen functional groups attached to an aromatic ring is 1. The number of aldehydes is 1. The Morgan fingerprint density at radius 1 is 0.667 bits per heavy atom. The molecular formula is C62H71IMnN12O11. The standard InChI is InChI=1S/C15H16N2O3.C15H14N2O3.C12H13IN2O2.C11H9N5.C6H15N.C3H4O.Mn.2O/c2*1-15(2,3)20-14(19)17-10-11(5-4-8-18)12-6-7-16-9-13(12)17;1-12(2,3)17-11(16)15-7-9(13)8-4-5-14-6-10(8)15;12-11-14-4-2-9(16-11)8-5-15-10-6-13-3-1-7(8)10;1-4-7(5-2)6-3;1-2-3-4;;;/h6-7,9-10,18H,8H2,1-3H3;6-10H,1-3H3;4-7H,1-3H3;1-6,15H,(H2,12,14,16);4-6H2,1-3H3;1,4H,3H2;;;. The first-order valence-corrected chi connectivity index (χ1v) is 28.7. The van der Waals surface area contributed by atoms with Crippen molar-refractivity contribution < 1.29 is 66.1 Å². The van der Waals surface area contributed by atoms with Gasteiger partial charge in [0.25, 0.3) is 0 Å². The summed E-state index contributed by atoms with van der Waals surface area (Å²) in [5, 5.41) is 20.1. The molecule has 0 saturated heterocycles. The van der Waals surface area contributed by atoms with Crippen molar-refractivity contribution >= 4 is 96.7 Å². The number of anilines is 1. The summed E-state index contributed by atoms with van der Waals surface area (Å²) in [6.45, 7) is 26.1. The Morgan fingerprint density at radius 2 is 1.08 bits per heavy atom. The van der Waals surface area contributed by atoms with Gasteiger partial charge in [-0.1, -0.05) is 44.5 Å². The first-order chi connectivity index (χ1) is 41.2. The van der Waals surface area contributed by atoms with Crippen LogP contribution in [0.4, 0.5) is 20.3 Å². The van der Waals surface area contributed by atoms with Crippen LogP contribution in [0.15, 0.2) is 111 Å². The Morgan fingerprint density at radius 3 is 1.48 bits per heavy atom. The fraction of sp³-hybridized carbons (Fsp3) is 0.323. The van der Waals surface area contributed by atoms with Gasteiger partial charge in [-0.2, -0.15) is 0 Å². The Bertz CT molecular complexity index is 3940. The molecule has 9 aromatic rings. The van der Waals surface area contributed by atoms with Crippen LogP contribution in [0.5, 0.6) is 0 Å². The van der Waals surface area contributed by atoms with Gasteiger partial charge in [0.15, 0.2) is 6.29 Å². The molecule has 0 amide bonds. The normalized spacial score (nSPS) is 10.5. The average Bonchev–Trinajstić information content (AvgIpc) is 2.27. The van der Waals surface area contributed by atoms with E-state index < -0.39 is 43.8 Å². The van der Waals surface area contributed by atoms with Gasteiger partial charge in [0, 0.05) is 86.5 Å². The molecule has 25 heteroatoms. The van der Waals surface area contributed by atoms with E-state index in [1.165, 1.54) is 33.3 Å². The average molecular weight is 1340 g/mol. The molecule has 0 saturated carbocycles. The predicted molar refractivity (Wildman–Crippen MR) is 336 cm³/mol. The zero-order chi connectivity index (χ0) is 64.9. The molecule has 0 radical (unpaired) electrons. The Balaban J connectivity index is 0.000000283. The molecule has 0 aliphatic carbocycles. The van der Waals surface area contributed by atoms with Gasteiger partial charge in [-0.25, -0.2) is 38.1 Å². The summed E-state index contributed by atoms with van der Waals surface area (Å²) in [6, 6.07) is 9.18. The number of aliphatic hydroxyl groups is 2. The van der Waals surface area contributed by atoms with Crippen LogP contribution in [0.2, 0.25) is 0 Å². The number of nitrogens with two attached hydrogens (primary N) is 1. The van der Waals surface area contributed by atoms with Crippen molar-refractivity contribution in [3.63, 3.8) is 0 Å². The van der Waals surface area contributed by atoms with Crippen LogP contribution in [0.3, 0.4) is 0 Å². The monoisotopic (exact) mass is 1340 g/mol. The molecule has 0 atom stereocenters. The summed E-state index contributed by atoms with van der Waals surface area (Å²) in [4.78, 5) is 76.4. The number of carbonyl (C=O) groups excluding carboxylic acids is 4.